The van der Waals surface area contributed by atoms with Crippen LogP contribution in [-0.2, 0) is 30.3 Å². The number of carbonyl (C=O) groups excluding carboxylic acids is 3. The van der Waals surface area contributed by atoms with E-state index in [1.54, 1.807) is 44.4 Å². The molecule has 0 saturated heterocycles. The van der Waals surface area contributed by atoms with Crippen molar-refractivity contribution in [2.75, 3.05) is 13.2 Å². The normalized spacial score (nSPS) is 10.8. The number of aromatic nitrogens is 1. The van der Waals surface area contributed by atoms with E-state index in [0.717, 1.165) is 16.7 Å². The predicted octanol–water partition coefficient (Wildman–Crippen LogP) is 3.81. The van der Waals surface area contributed by atoms with Gasteiger partial charge in [-0.25, -0.2) is 14.6 Å². The van der Waals surface area contributed by atoms with Crippen LogP contribution in [0, 0.1) is 11.3 Å². The number of hydrogen-bond donors (Lipinski definition) is 1. The molecule has 1 heterocycles. The summed E-state index contributed by atoms with van der Waals surface area (Å²) in [6.07, 6.45) is 1.82. The van der Waals surface area contributed by atoms with Gasteiger partial charge in [0.15, 0.2) is 0 Å². The van der Waals surface area contributed by atoms with E-state index in [1.165, 1.54) is 6.92 Å². The van der Waals surface area contributed by atoms with Gasteiger partial charge in [0.05, 0.1) is 24.8 Å². The van der Waals surface area contributed by atoms with Gasteiger partial charge in [0.25, 0.3) is 0 Å². The summed E-state index contributed by atoms with van der Waals surface area (Å²) < 4.78 is 15.8. The summed E-state index contributed by atoms with van der Waals surface area (Å²) in [7, 11) is 0. The van der Waals surface area contributed by atoms with Gasteiger partial charge in [-0.15, -0.1) is 0 Å². The van der Waals surface area contributed by atoms with E-state index in [4.69, 9.17) is 19.2 Å². The van der Waals surface area contributed by atoms with Crippen molar-refractivity contribution in [3.05, 3.63) is 65.9 Å². The maximum absolute atomic E-state index is 12.8. The molecular formula is C27H27N3O6. The Morgan fingerprint density at radius 1 is 0.972 bits per heavy atom. The summed E-state index contributed by atoms with van der Waals surface area (Å²) in [6.45, 7) is 4.58. The highest BCUT2D eigenvalue weighted by molar-refractivity contribution is 6.07. The number of amides is 1. The number of aryl methyl sites for hydroxylation is 1. The molecule has 0 spiro atoms. The Morgan fingerprint density at radius 3 is 2.08 bits per heavy atom. The Labute approximate surface area is 209 Å². The van der Waals surface area contributed by atoms with Crippen LogP contribution >= 0.6 is 0 Å². The highest BCUT2D eigenvalue weighted by Crippen LogP contribution is 2.26. The fourth-order valence-corrected chi connectivity index (χ4v) is 3.66. The van der Waals surface area contributed by atoms with Gasteiger partial charge in [-0.2, -0.15) is 5.26 Å². The lowest BCUT2D eigenvalue weighted by atomic mass is 9.90. The first-order valence-corrected chi connectivity index (χ1v) is 11.5. The van der Waals surface area contributed by atoms with Crippen LogP contribution in [0.3, 0.4) is 0 Å². The van der Waals surface area contributed by atoms with Crippen LogP contribution in [0.2, 0.25) is 0 Å². The average Bonchev–Trinajstić information content (AvgIpc) is 3.37. The summed E-state index contributed by atoms with van der Waals surface area (Å²) in [4.78, 5) is 41.9. The van der Waals surface area contributed by atoms with Crippen LogP contribution in [0.1, 0.15) is 38.3 Å². The number of nitrogens with one attached hydrogen (secondary N) is 1. The van der Waals surface area contributed by atoms with Crippen molar-refractivity contribution in [2.24, 2.45) is 0 Å². The van der Waals surface area contributed by atoms with E-state index in [9.17, 15) is 14.4 Å². The van der Waals surface area contributed by atoms with E-state index >= 15 is 0 Å². The number of oxazole rings is 1. The van der Waals surface area contributed by atoms with Crippen molar-refractivity contribution >= 4 is 17.8 Å². The topological polar surface area (TPSA) is 132 Å². The lowest BCUT2D eigenvalue weighted by Gasteiger charge is -2.29. The molecule has 9 heteroatoms. The lowest BCUT2D eigenvalue weighted by molar-refractivity contribution is -0.168. The Morgan fingerprint density at radius 2 is 1.56 bits per heavy atom. The van der Waals surface area contributed by atoms with Gasteiger partial charge < -0.3 is 19.2 Å². The first-order valence-electron chi connectivity index (χ1n) is 11.5. The summed E-state index contributed by atoms with van der Waals surface area (Å²) in [6, 6.07) is 16.4. The molecule has 186 valence electrons. The molecule has 1 aromatic heterocycles. The van der Waals surface area contributed by atoms with E-state index in [1.807, 2.05) is 24.3 Å². The highest BCUT2D eigenvalue weighted by Gasteiger charge is 2.49. The SMILES string of the molecule is CCOC(=O)C(CCc1ccc(-c2coc(-c3ccc(C#N)cc3)n2)cc1)(NC(C)=O)C(=O)OCC. The third-order valence-electron chi connectivity index (χ3n) is 5.44. The molecule has 0 saturated carbocycles. The lowest BCUT2D eigenvalue weighted by Crippen LogP contribution is -2.61. The molecule has 2 aromatic carbocycles. The van der Waals surface area contributed by atoms with E-state index in [2.05, 4.69) is 16.4 Å². The smallest absolute Gasteiger partial charge is 0.343 e. The number of nitrogens with zero attached hydrogens (tertiary/aromatic N) is 2. The fraction of sp³-hybridized carbons (Fsp3) is 0.296. The largest absolute Gasteiger partial charge is 0.464 e. The maximum atomic E-state index is 12.8. The molecule has 0 aliphatic heterocycles. The van der Waals surface area contributed by atoms with Crippen molar-refractivity contribution in [1.82, 2.24) is 10.3 Å². The minimum atomic E-state index is -1.93. The molecule has 1 N–H and O–H groups in total. The standard InChI is InChI=1S/C27H27N3O6/c1-4-34-25(32)27(30-18(3)31,26(33)35-5-2)15-14-19-6-10-21(11-7-19)23-17-36-24(29-23)22-12-8-20(16-28)9-13-22/h6-13,17H,4-5,14-15H2,1-3H3,(H,30,31). The Hall–Kier alpha value is -4.45. The molecule has 0 bridgehead atoms. The van der Waals surface area contributed by atoms with Crippen LogP contribution in [0.25, 0.3) is 22.7 Å². The van der Waals surface area contributed by atoms with Crippen LogP contribution < -0.4 is 5.32 Å². The Kier molecular flexibility index (Phi) is 8.57. The zero-order valence-electron chi connectivity index (χ0n) is 20.4. The van der Waals surface area contributed by atoms with Crippen molar-refractivity contribution in [1.29, 1.82) is 5.26 Å². The number of hydrogen-bond acceptors (Lipinski definition) is 8. The van der Waals surface area contributed by atoms with Crippen molar-refractivity contribution in [2.45, 2.75) is 39.2 Å². The van der Waals surface area contributed by atoms with E-state index in [-0.39, 0.29) is 19.6 Å². The number of rotatable bonds is 10. The number of nitriles is 1. The van der Waals surface area contributed by atoms with Gasteiger partial charge in [0.2, 0.25) is 17.3 Å². The molecular weight excluding hydrogens is 462 g/mol. The van der Waals surface area contributed by atoms with Crippen molar-refractivity contribution < 1.29 is 28.3 Å². The molecule has 0 radical (unpaired) electrons. The Balaban J connectivity index is 1.78. The van der Waals surface area contributed by atoms with Crippen molar-refractivity contribution in [3.8, 4) is 28.8 Å². The summed E-state index contributed by atoms with van der Waals surface area (Å²) in [5, 5.41) is 11.4. The van der Waals surface area contributed by atoms with Crippen LogP contribution in [0.15, 0.2) is 59.2 Å². The van der Waals surface area contributed by atoms with Crippen molar-refractivity contribution in [3.63, 3.8) is 0 Å². The van der Waals surface area contributed by atoms with Crippen LogP contribution in [0.5, 0.6) is 0 Å². The van der Waals surface area contributed by atoms with Crippen LogP contribution in [0.4, 0.5) is 0 Å². The van der Waals surface area contributed by atoms with Gasteiger partial charge in [-0.1, -0.05) is 24.3 Å². The summed E-state index contributed by atoms with van der Waals surface area (Å²) in [5.74, 6) is -1.82. The molecule has 0 fully saturated rings. The minimum Gasteiger partial charge on any atom is -0.464 e. The van der Waals surface area contributed by atoms with Gasteiger partial charge in [-0.05, 0) is 56.5 Å². The van der Waals surface area contributed by atoms with E-state index < -0.39 is 23.4 Å². The van der Waals surface area contributed by atoms with Gasteiger partial charge >= 0.3 is 11.9 Å². The summed E-state index contributed by atoms with van der Waals surface area (Å²) >= 11 is 0. The second-order valence-corrected chi connectivity index (χ2v) is 7.95. The molecule has 3 aromatic rings. The van der Waals surface area contributed by atoms with Crippen LogP contribution in [-0.4, -0.2) is 41.6 Å². The maximum Gasteiger partial charge on any atom is 0.343 e. The molecule has 0 aliphatic rings. The molecule has 0 unspecified atom stereocenters. The quantitative estimate of drug-likeness (QED) is 0.336. The van der Waals surface area contributed by atoms with Gasteiger partial charge in [0.1, 0.15) is 12.0 Å². The number of ether oxygens (including phenoxy) is 2. The van der Waals surface area contributed by atoms with Gasteiger partial charge in [-0.3, -0.25) is 4.79 Å². The first-order chi connectivity index (χ1) is 17.3. The zero-order valence-corrected chi connectivity index (χ0v) is 20.4. The second kappa shape index (κ2) is 11.8. The third kappa shape index (κ3) is 5.96. The summed E-state index contributed by atoms with van der Waals surface area (Å²) in [5.41, 5.74) is 1.65. The molecule has 9 nitrogen and oxygen atoms in total. The monoisotopic (exact) mass is 489 g/mol. The number of carbonyl (C=O) groups is 3. The molecule has 1 amide bonds. The van der Waals surface area contributed by atoms with E-state index in [0.29, 0.717) is 23.6 Å². The minimum absolute atomic E-state index is 0.0314. The van der Waals surface area contributed by atoms with Gasteiger partial charge in [0, 0.05) is 18.1 Å². The molecule has 0 aliphatic carbocycles. The Bertz CT molecular complexity index is 1240. The predicted molar refractivity (Wildman–Crippen MR) is 130 cm³/mol. The first kappa shape index (κ1) is 26.2. The number of benzene rings is 2. The fourth-order valence-electron chi connectivity index (χ4n) is 3.66. The molecule has 0 atom stereocenters. The molecule has 3 rings (SSSR count). The zero-order chi connectivity index (χ0) is 26.1. The number of esters is 2. The highest BCUT2D eigenvalue weighted by atomic mass is 16.6. The third-order valence-corrected chi connectivity index (χ3v) is 5.44. The molecule has 36 heavy (non-hydrogen) atoms. The average molecular weight is 490 g/mol. The second-order valence-electron chi connectivity index (χ2n) is 7.95.